The molecule has 0 spiro atoms. The Morgan fingerprint density at radius 3 is 1.59 bits per heavy atom. The largest absolute Gasteiger partial charge is 0.573 e. The summed E-state index contributed by atoms with van der Waals surface area (Å²) in [6.07, 6.45) is 5.62. The molecule has 0 radical (unpaired) electrons. The van der Waals surface area contributed by atoms with Crippen molar-refractivity contribution < 1.29 is 27.5 Å². The lowest BCUT2D eigenvalue weighted by atomic mass is 9.68. The summed E-state index contributed by atoms with van der Waals surface area (Å²) < 4.78 is 42.9. The molecule has 54 heavy (non-hydrogen) atoms. The van der Waals surface area contributed by atoms with Gasteiger partial charge in [-0.3, -0.25) is 14.8 Å². The number of alkyl halides is 3. The Morgan fingerprint density at radius 1 is 0.667 bits per heavy atom. The molecule has 3 aromatic carbocycles. The van der Waals surface area contributed by atoms with Crippen LogP contribution in [-0.2, 0) is 4.79 Å². The van der Waals surface area contributed by atoms with E-state index in [0.717, 1.165) is 113 Å². The first kappa shape index (κ1) is 35.6. The van der Waals surface area contributed by atoms with Gasteiger partial charge in [0.05, 0.1) is 16.7 Å². The van der Waals surface area contributed by atoms with Gasteiger partial charge in [0.2, 0.25) is 0 Å². The number of hydrogen-bond donors (Lipinski definition) is 1. The number of nitrogens with one attached hydrogen (secondary N) is 1. The monoisotopic (exact) mass is 736 g/mol. The van der Waals surface area contributed by atoms with E-state index in [4.69, 9.17) is 9.97 Å². The first-order valence-electron chi connectivity index (χ1n) is 18.8. The third-order valence-corrected chi connectivity index (χ3v) is 11.7. The number of nitrogens with zero attached hydrogens (tertiary/aromatic N) is 5. The predicted octanol–water partition coefficient (Wildman–Crippen LogP) is 9.06. The minimum atomic E-state index is -4.88. The van der Waals surface area contributed by atoms with Gasteiger partial charge >= 0.3 is 12.4 Å². The molecule has 12 heteroatoms. The molecule has 3 amide bonds. The smallest absolute Gasteiger partial charge is 0.406 e. The maximum absolute atomic E-state index is 15.2. The summed E-state index contributed by atoms with van der Waals surface area (Å²) in [6.45, 7) is 7.85. The first-order chi connectivity index (χ1) is 26.0. The minimum Gasteiger partial charge on any atom is -0.406 e. The van der Waals surface area contributed by atoms with Crippen LogP contribution in [0.3, 0.4) is 0 Å². The van der Waals surface area contributed by atoms with E-state index in [1.165, 1.54) is 25.0 Å². The highest BCUT2D eigenvalue weighted by atomic mass is 19.4. The van der Waals surface area contributed by atoms with Crippen molar-refractivity contribution in [2.45, 2.75) is 76.1 Å². The van der Waals surface area contributed by atoms with E-state index in [2.05, 4.69) is 56.3 Å². The molecule has 5 heterocycles. The molecule has 3 saturated heterocycles. The Labute approximate surface area is 312 Å². The van der Waals surface area contributed by atoms with Crippen molar-refractivity contribution in [1.82, 2.24) is 15.3 Å². The number of pyridine rings is 2. The number of fused-ring (bicyclic) bond motifs is 2. The maximum Gasteiger partial charge on any atom is 0.573 e. The second-order valence-electron chi connectivity index (χ2n) is 14.7. The quantitative estimate of drug-likeness (QED) is 0.159. The van der Waals surface area contributed by atoms with Gasteiger partial charge in [0.25, 0.3) is 5.91 Å². The van der Waals surface area contributed by atoms with Gasteiger partial charge in [-0.15, -0.1) is 13.2 Å². The summed E-state index contributed by atoms with van der Waals surface area (Å²) in [6, 6.07) is 20.4. The third-order valence-electron chi connectivity index (χ3n) is 11.7. The molecule has 3 aliphatic rings. The van der Waals surface area contributed by atoms with Gasteiger partial charge in [-0.05, 0) is 110 Å². The van der Waals surface area contributed by atoms with Crippen molar-refractivity contribution >= 4 is 50.8 Å². The van der Waals surface area contributed by atoms with Crippen LogP contribution < -0.4 is 24.8 Å². The molecule has 1 N–H and O–H groups in total. The molecule has 3 aliphatic heterocycles. The number of piperidine rings is 2. The van der Waals surface area contributed by atoms with Crippen LogP contribution in [0.4, 0.5) is 35.0 Å². The lowest BCUT2D eigenvalue weighted by Crippen LogP contribution is -2.55. The molecule has 2 aromatic heterocycles. The Morgan fingerprint density at radius 2 is 1.13 bits per heavy atom. The second-order valence-corrected chi connectivity index (χ2v) is 14.7. The third kappa shape index (κ3) is 6.45. The zero-order valence-corrected chi connectivity index (χ0v) is 30.4. The van der Waals surface area contributed by atoms with E-state index >= 15 is 4.79 Å². The molecule has 0 saturated carbocycles. The summed E-state index contributed by atoms with van der Waals surface area (Å²) in [5.74, 6) is -2.12. The van der Waals surface area contributed by atoms with Crippen molar-refractivity contribution in [1.29, 1.82) is 0 Å². The normalized spacial score (nSPS) is 20.7. The maximum atomic E-state index is 15.2. The SMILES string of the molecule is CC(c1ccnc2cc(N3CCCCC3)ccc12)C1(C(C)c2ccnc3cc(N4CCCCC4)ccc23)NC(=O)N(c2ccc(OC(F)(F)F)cc2)C1=O. The fourth-order valence-corrected chi connectivity index (χ4v) is 8.82. The van der Waals surface area contributed by atoms with Crippen molar-refractivity contribution in [2.75, 3.05) is 40.9 Å². The second kappa shape index (κ2) is 14.1. The summed E-state index contributed by atoms with van der Waals surface area (Å²) in [7, 11) is 0. The lowest BCUT2D eigenvalue weighted by molar-refractivity contribution is -0.274. The standard InChI is InChI=1S/C42H43F3N6O3/c1-27(33-17-19-46-37-25-30(11-15-35(33)37)49-21-5-3-6-22-49)41(39(52)51(40(53)48-41)29-9-13-32(14-10-29)54-42(43,44)45)28(2)34-18-20-47-38-26-31(12-16-36(34)38)50-23-7-4-8-24-50/h9-20,25-28H,3-8,21-24H2,1-2H3,(H,48,53). The van der Waals surface area contributed by atoms with Crippen molar-refractivity contribution in [3.05, 3.63) is 96.3 Å². The number of urea groups is 1. The van der Waals surface area contributed by atoms with Crippen LogP contribution in [0, 0.1) is 0 Å². The average molecular weight is 737 g/mol. The van der Waals surface area contributed by atoms with Crippen molar-refractivity contribution in [3.8, 4) is 5.75 Å². The zero-order chi connectivity index (χ0) is 37.6. The van der Waals surface area contributed by atoms with Gasteiger partial charge in [0, 0.05) is 72.6 Å². The lowest BCUT2D eigenvalue weighted by Gasteiger charge is -2.39. The highest BCUT2D eigenvalue weighted by Crippen LogP contribution is 2.48. The summed E-state index contributed by atoms with van der Waals surface area (Å²) in [5, 5.41) is 4.88. The van der Waals surface area contributed by atoms with Crippen molar-refractivity contribution in [2.24, 2.45) is 0 Å². The van der Waals surface area contributed by atoms with Gasteiger partial charge in [0.1, 0.15) is 11.3 Å². The van der Waals surface area contributed by atoms with E-state index in [9.17, 15) is 18.0 Å². The zero-order valence-electron chi connectivity index (χ0n) is 30.4. The molecule has 5 aromatic rings. The number of imide groups is 1. The van der Waals surface area contributed by atoms with E-state index in [1.807, 2.05) is 26.0 Å². The summed E-state index contributed by atoms with van der Waals surface area (Å²) >= 11 is 0. The summed E-state index contributed by atoms with van der Waals surface area (Å²) in [4.78, 5) is 44.5. The number of halogens is 3. The molecule has 9 nitrogen and oxygen atoms in total. The Bertz CT molecular complexity index is 2090. The molecule has 0 aliphatic carbocycles. The molecule has 280 valence electrons. The Balaban J connectivity index is 1.23. The van der Waals surface area contributed by atoms with Crippen LogP contribution >= 0.6 is 0 Å². The molecule has 8 rings (SSSR count). The van der Waals surface area contributed by atoms with Gasteiger partial charge < -0.3 is 19.9 Å². The topological polar surface area (TPSA) is 90.9 Å². The molecule has 0 bridgehead atoms. The van der Waals surface area contributed by atoms with Crippen LogP contribution in [0.2, 0.25) is 0 Å². The molecule has 2 atom stereocenters. The molecule has 3 fully saturated rings. The van der Waals surface area contributed by atoms with Gasteiger partial charge in [-0.1, -0.05) is 26.0 Å². The van der Waals surface area contributed by atoms with Crippen LogP contribution in [0.25, 0.3) is 21.8 Å². The summed E-state index contributed by atoms with van der Waals surface area (Å²) in [5.41, 5.74) is 4.08. The molecular weight excluding hydrogens is 693 g/mol. The van der Waals surface area contributed by atoms with E-state index < -0.39 is 41.4 Å². The number of carbonyl (C=O) groups excluding carboxylic acids is 2. The van der Waals surface area contributed by atoms with Gasteiger partial charge in [0.15, 0.2) is 0 Å². The number of benzene rings is 3. The molecule has 2 unspecified atom stereocenters. The van der Waals surface area contributed by atoms with Crippen molar-refractivity contribution in [3.63, 3.8) is 0 Å². The number of carbonyl (C=O) groups is 2. The fraction of sp³-hybridized carbons (Fsp3) is 0.381. The number of anilines is 3. The number of ether oxygens (including phenoxy) is 1. The highest BCUT2D eigenvalue weighted by molar-refractivity contribution is 6.24. The Hall–Kier alpha value is -5.39. The molecular formula is C42H43F3N6O3. The van der Waals surface area contributed by atoms with Crippen LogP contribution in [0.1, 0.15) is 75.3 Å². The fourth-order valence-electron chi connectivity index (χ4n) is 8.82. The number of aromatic nitrogens is 2. The first-order valence-corrected chi connectivity index (χ1v) is 18.8. The predicted molar refractivity (Wildman–Crippen MR) is 204 cm³/mol. The average Bonchev–Trinajstić information content (AvgIpc) is 3.46. The Kier molecular flexibility index (Phi) is 9.31. The van der Waals surface area contributed by atoms with Gasteiger partial charge in [-0.2, -0.15) is 0 Å². The number of rotatable bonds is 8. The number of hydrogen-bond acceptors (Lipinski definition) is 7. The van der Waals surface area contributed by atoms with Crippen LogP contribution in [-0.4, -0.2) is 60.0 Å². The van der Waals surface area contributed by atoms with Gasteiger partial charge in [-0.25, -0.2) is 9.69 Å². The van der Waals surface area contributed by atoms with E-state index in [-0.39, 0.29) is 5.69 Å². The van der Waals surface area contributed by atoms with Crippen LogP contribution in [0.5, 0.6) is 5.75 Å². The van der Waals surface area contributed by atoms with Crippen LogP contribution in [0.15, 0.2) is 85.2 Å². The van der Waals surface area contributed by atoms with E-state index in [1.54, 1.807) is 12.4 Å². The minimum absolute atomic E-state index is 0.129. The van der Waals surface area contributed by atoms with E-state index in [0.29, 0.717) is 0 Å². The number of amides is 3. The highest BCUT2D eigenvalue weighted by Gasteiger charge is 2.59.